The molecule has 0 aliphatic heterocycles. The van der Waals surface area contributed by atoms with Gasteiger partial charge in [-0.05, 0) is 31.2 Å². The van der Waals surface area contributed by atoms with Crippen molar-refractivity contribution < 1.29 is 4.79 Å². The summed E-state index contributed by atoms with van der Waals surface area (Å²) in [6.07, 6.45) is 0. The lowest BCUT2D eigenvalue weighted by Crippen LogP contribution is -2.19. The molecule has 0 bridgehead atoms. The zero-order chi connectivity index (χ0) is 19.0. The summed E-state index contributed by atoms with van der Waals surface area (Å²) in [6, 6.07) is 11.3. The van der Waals surface area contributed by atoms with Crippen molar-refractivity contribution in [3.63, 3.8) is 0 Å². The Morgan fingerprint density at radius 1 is 1.04 bits per heavy atom. The van der Waals surface area contributed by atoms with Crippen LogP contribution in [0.3, 0.4) is 0 Å². The minimum atomic E-state index is -0.157. The van der Waals surface area contributed by atoms with E-state index in [2.05, 4.69) is 19.2 Å². The summed E-state index contributed by atoms with van der Waals surface area (Å²) in [5, 5.41) is 3.37. The maximum Gasteiger partial charge on any atom is 0.328 e. The molecule has 1 aromatic heterocycles. The highest BCUT2D eigenvalue weighted by molar-refractivity contribution is 8.00. The Labute approximate surface area is 157 Å². The predicted molar refractivity (Wildman–Crippen MR) is 108 cm³/mol. The van der Waals surface area contributed by atoms with Gasteiger partial charge in [0.25, 0.3) is 5.91 Å². The maximum absolute atomic E-state index is 12.7. The molecule has 0 atom stereocenters. The van der Waals surface area contributed by atoms with Crippen LogP contribution in [-0.2, 0) is 14.1 Å². The SMILES string of the molecule is Cc1ccc(C(=O)Nc2cc3c(cc2SC(C)C)n(C)c(=O)n3C)cc1. The van der Waals surface area contributed by atoms with E-state index in [1.807, 2.05) is 43.3 Å². The van der Waals surface area contributed by atoms with E-state index in [1.165, 1.54) is 0 Å². The third-order valence-corrected chi connectivity index (χ3v) is 5.36. The normalized spacial score (nSPS) is 11.3. The Hall–Kier alpha value is -2.47. The second kappa shape index (κ2) is 7.03. The molecule has 1 heterocycles. The van der Waals surface area contributed by atoms with E-state index in [0.29, 0.717) is 10.8 Å². The van der Waals surface area contributed by atoms with Crippen molar-refractivity contribution >= 4 is 34.4 Å². The molecule has 3 aromatic rings. The molecule has 0 radical (unpaired) electrons. The molecule has 3 rings (SSSR count). The Bertz CT molecular complexity index is 1030. The molecule has 0 aliphatic rings. The van der Waals surface area contributed by atoms with Crippen LogP contribution in [0.15, 0.2) is 46.1 Å². The molecule has 0 saturated carbocycles. The number of carbonyl (C=O) groups is 1. The van der Waals surface area contributed by atoms with Crippen molar-refractivity contribution in [3.8, 4) is 0 Å². The number of nitrogens with one attached hydrogen (secondary N) is 1. The number of benzene rings is 2. The third-order valence-electron chi connectivity index (χ3n) is 4.30. The average Bonchev–Trinajstić information content (AvgIpc) is 2.79. The number of thioether (sulfide) groups is 1. The van der Waals surface area contributed by atoms with Crippen molar-refractivity contribution in [1.82, 2.24) is 9.13 Å². The van der Waals surface area contributed by atoms with Gasteiger partial charge in [-0.3, -0.25) is 13.9 Å². The first-order valence-electron chi connectivity index (χ1n) is 8.52. The lowest BCUT2D eigenvalue weighted by atomic mass is 10.1. The number of nitrogens with zero attached hydrogens (tertiary/aromatic N) is 2. The van der Waals surface area contributed by atoms with Gasteiger partial charge >= 0.3 is 5.69 Å². The van der Waals surface area contributed by atoms with E-state index >= 15 is 0 Å². The first-order valence-corrected chi connectivity index (χ1v) is 9.40. The molecule has 0 unspecified atom stereocenters. The Morgan fingerprint density at radius 2 is 1.62 bits per heavy atom. The molecular weight excluding hydrogens is 346 g/mol. The minimum Gasteiger partial charge on any atom is -0.321 e. The van der Waals surface area contributed by atoms with Crippen molar-refractivity contribution in [2.75, 3.05) is 5.32 Å². The lowest BCUT2D eigenvalue weighted by molar-refractivity contribution is 0.102. The van der Waals surface area contributed by atoms with E-state index in [9.17, 15) is 9.59 Å². The summed E-state index contributed by atoms with van der Waals surface area (Å²) in [5.41, 5.74) is 4.01. The van der Waals surface area contributed by atoms with Crippen LogP contribution >= 0.6 is 11.8 Å². The van der Waals surface area contributed by atoms with Gasteiger partial charge in [0, 0.05) is 29.8 Å². The molecule has 26 heavy (non-hydrogen) atoms. The van der Waals surface area contributed by atoms with Crippen LogP contribution in [0, 0.1) is 6.92 Å². The molecule has 0 fully saturated rings. The van der Waals surface area contributed by atoms with Crippen molar-refractivity contribution in [1.29, 1.82) is 0 Å². The first-order chi connectivity index (χ1) is 12.3. The highest BCUT2D eigenvalue weighted by Crippen LogP contribution is 2.34. The summed E-state index contributed by atoms with van der Waals surface area (Å²) < 4.78 is 3.23. The van der Waals surface area contributed by atoms with Crippen molar-refractivity contribution in [2.45, 2.75) is 30.9 Å². The topological polar surface area (TPSA) is 56.0 Å². The molecule has 6 heteroatoms. The second-order valence-corrected chi connectivity index (χ2v) is 8.34. The first kappa shape index (κ1) is 18.3. The van der Waals surface area contributed by atoms with Gasteiger partial charge in [-0.2, -0.15) is 0 Å². The zero-order valence-corrected chi connectivity index (χ0v) is 16.5. The highest BCUT2D eigenvalue weighted by atomic mass is 32.2. The summed E-state index contributed by atoms with van der Waals surface area (Å²) in [4.78, 5) is 25.9. The monoisotopic (exact) mass is 369 g/mol. The fourth-order valence-electron chi connectivity index (χ4n) is 2.87. The number of imidazole rings is 1. The number of carbonyl (C=O) groups excluding carboxylic acids is 1. The maximum atomic E-state index is 12.7. The van der Waals surface area contributed by atoms with Crippen LogP contribution in [0.1, 0.15) is 29.8 Å². The fraction of sp³-hybridized carbons (Fsp3) is 0.300. The zero-order valence-electron chi connectivity index (χ0n) is 15.7. The number of rotatable bonds is 4. The van der Waals surface area contributed by atoms with E-state index < -0.39 is 0 Å². The summed E-state index contributed by atoms with van der Waals surface area (Å²) in [6.45, 7) is 6.19. The number of hydrogen-bond acceptors (Lipinski definition) is 3. The molecule has 0 spiro atoms. The Morgan fingerprint density at radius 3 is 2.19 bits per heavy atom. The van der Waals surface area contributed by atoms with Crippen LogP contribution in [-0.4, -0.2) is 20.3 Å². The molecule has 0 aliphatic carbocycles. The van der Waals surface area contributed by atoms with Gasteiger partial charge in [0.1, 0.15) is 0 Å². The summed E-state index contributed by atoms with van der Waals surface area (Å²) in [7, 11) is 3.50. The molecule has 1 N–H and O–H groups in total. The van der Waals surface area contributed by atoms with E-state index in [4.69, 9.17) is 0 Å². The second-order valence-electron chi connectivity index (χ2n) is 6.72. The number of anilines is 1. The van der Waals surface area contributed by atoms with Gasteiger partial charge in [-0.25, -0.2) is 4.79 Å². The number of hydrogen-bond donors (Lipinski definition) is 1. The van der Waals surface area contributed by atoms with Crippen LogP contribution in [0.5, 0.6) is 0 Å². The van der Waals surface area contributed by atoms with Gasteiger partial charge < -0.3 is 5.32 Å². The smallest absolute Gasteiger partial charge is 0.321 e. The van der Waals surface area contributed by atoms with Crippen LogP contribution in [0.2, 0.25) is 0 Å². The number of aromatic nitrogens is 2. The van der Waals surface area contributed by atoms with E-state index in [0.717, 1.165) is 27.2 Å². The molecule has 5 nitrogen and oxygen atoms in total. The van der Waals surface area contributed by atoms with Gasteiger partial charge in [0.05, 0.1) is 16.7 Å². The molecular formula is C20H23N3O2S. The molecule has 136 valence electrons. The minimum absolute atomic E-state index is 0.0810. The average molecular weight is 369 g/mol. The van der Waals surface area contributed by atoms with Gasteiger partial charge in [-0.1, -0.05) is 31.5 Å². The Kier molecular flexibility index (Phi) is 4.96. The quantitative estimate of drug-likeness (QED) is 0.709. The predicted octanol–water partition coefficient (Wildman–Crippen LogP) is 3.94. The largest absolute Gasteiger partial charge is 0.328 e. The van der Waals surface area contributed by atoms with Crippen LogP contribution in [0.4, 0.5) is 5.69 Å². The molecule has 1 amide bonds. The number of aryl methyl sites for hydroxylation is 3. The molecule has 0 saturated heterocycles. The Balaban J connectivity index is 2.07. The fourth-order valence-corrected chi connectivity index (χ4v) is 3.80. The summed E-state index contributed by atoms with van der Waals surface area (Å²) >= 11 is 1.66. The lowest BCUT2D eigenvalue weighted by Gasteiger charge is -2.14. The van der Waals surface area contributed by atoms with Crippen LogP contribution < -0.4 is 11.0 Å². The molecule has 2 aromatic carbocycles. The number of fused-ring (bicyclic) bond motifs is 1. The van der Waals surface area contributed by atoms with Crippen LogP contribution in [0.25, 0.3) is 11.0 Å². The summed E-state index contributed by atoms with van der Waals surface area (Å²) in [5.74, 6) is -0.157. The third kappa shape index (κ3) is 3.42. The van der Waals surface area contributed by atoms with Gasteiger partial charge in [-0.15, -0.1) is 11.8 Å². The van der Waals surface area contributed by atoms with Gasteiger partial charge in [0.2, 0.25) is 0 Å². The standard InChI is InChI=1S/C20H23N3O2S/c1-12(2)26-18-11-17-16(22(4)20(25)23(17)5)10-15(18)21-19(24)14-8-6-13(3)7-9-14/h6-12H,1-5H3,(H,21,24). The van der Waals surface area contributed by atoms with Gasteiger partial charge in [0.15, 0.2) is 0 Å². The van der Waals surface area contributed by atoms with E-state index in [1.54, 1.807) is 35.0 Å². The highest BCUT2D eigenvalue weighted by Gasteiger charge is 2.16. The van der Waals surface area contributed by atoms with Crippen molar-refractivity contribution in [3.05, 3.63) is 58.0 Å². The van der Waals surface area contributed by atoms with E-state index in [-0.39, 0.29) is 11.6 Å². The number of amides is 1. The van der Waals surface area contributed by atoms with Crippen molar-refractivity contribution in [2.24, 2.45) is 14.1 Å².